The lowest BCUT2D eigenvalue weighted by atomic mass is 10.4. The van der Waals surface area contributed by atoms with Crippen LogP contribution in [0.1, 0.15) is 13.3 Å². The van der Waals surface area contributed by atoms with Crippen LogP contribution in [0.3, 0.4) is 0 Å². The number of hydrogen-bond acceptors (Lipinski definition) is 4. The Morgan fingerprint density at radius 2 is 2.00 bits per heavy atom. The van der Waals surface area contributed by atoms with Crippen LogP contribution in [0.5, 0.6) is 0 Å². The van der Waals surface area contributed by atoms with Crippen molar-refractivity contribution in [3.8, 4) is 12.3 Å². The lowest BCUT2D eigenvalue weighted by Crippen LogP contribution is -2.44. The lowest BCUT2D eigenvalue weighted by molar-refractivity contribution is -0.143. The first-order valence-corrected chi connectivity index (χ1v) is 5.73. The number of carboxylic acid groups (broad SMARTS) is 1. The molecule has 7 heteroatoms. The van der Waals surface area contributed by atoms with E-state index in [1.54, 1.807) is 6.92 Å². The highest BCUT2D eigenvalue weighted by Crippen LogP contribution is 1.99. The fourth-order valence-electron chi connectivity index (χ4n) is 1.29. The van der Waals surface area contributed by atoms with E-state index in [9.17, 15) is 14.4 Å². The number of carbonyl (C=O) groups excluding carboxylic acids is 2. The molecule has 0 fully saturated rings. The second-order valence-electron chi connectivity index (χ2n) is 3.71. The normalized spacial score (nSPS) is 9.32. The number of terminal acetylenes is 1. The molecule has 106 valence electrons. The van der Waals surface area contributed by atoms with Gasteiger partial charge in [-0.05, 0) is 6.92 Å². The summed E-state index contributed by atoms with van der Waals surface area (Å²) >= 11 is 0. The largest absolute Gasteiger partial charge is 0.480 e. The summed E-state index contributed by atoms with van der Waals surface area (Å²) in [7, 11) is 1.47. The van der Waals surface area contributed by atoms with Gasteiger partial charge >= 0.3 is 18.0 Å². The predicted octanol–water partition coefficient (Wildman–Crippen LogP) is 0.0112. The summed E-state index contributed by atoms with van der Waals surface area (Å²) in [6.45, 7) is 1.52. The van der Waals surface area contributed by atoms with Gasteiger partial charge in [0.25, 0.3) is 0 Å². The second-order valence-corrected chi connectivity index (χ2v) is 3.71. The van der Waals surface area contributed by atoms with Crippen molar-refractivity contribution in [3.05, 3.63) is 0 Å². The van der Waals surface area contributed by atoms with Crippen molar-refractivity contribution in [1.29, 1.82) is 0 Å². The number of amides is 2. The number of esters is 1. The van der Waals surface area contributed by atoms with Crippen LogP contribution in [0.25, 0.3) is 0 Å². The standard InChI is InChI=1S/C12H18N2O5/c1-4-7-14(9-10(15)16)12(18)13(3)8-6-11(17)19-5-2/h1H,5-9H2,2-3H3,(H,15,16). The maximum atomic E-state index is 11.9. The average molecular weight is 270 g/mol. The highest BCUT2D eigenvalue weighted by Gasteiger charge is 2.20. The molecule has 0 rings (SSSR count). The summed E-state index contributed by atoms with van der Waals surface area (Å²) in [5.74, 6) is 0.654. The van der Waals surface area contributed by atoms with Crippen molar-refractivity contribution in [3.63, 3.8) is 0 Å². The molecule has 7 nitrogen and oxygen atoms in total. The fraction of sp³-hybridized carbons (Fsp3) is 0.583. The molecule has 0 aromatic rings. The van der Waals surface area contributed by atoms with Gasteiger partial charge in [-0.25, -0.2) is 4.79 Å². The van der Waals surface area contributed by atoms with Crippen molar-refractivity contribution in [2.75, 3.05) is 33.3 Å². The zero-order chi connectivity index (χ0) is 14.8. The van der Waals surface area contributed by atoms with Crippen LogP contribution in [0, 0.1) is 12.3 Å². The number of urea groups is 1. The Morgan fingerprint density at radius 3 is 2.47 bits per heavy atom. The molecule has 0 atom stereocenters. The maximum Gasteiger partial charge on any atom is 0.323 e. The molecule has 0 bridgehead atoms. The number of aliphatic carboxylic acids is 1. The summed E-state index contributed by atoms with van der Waals surface area (Å²) in [6.07, 6.45) is 5.12. The third-order valence-corrected chi connectivity index (χ3v) is 2.16. The van der Waals surface area contributed by atoms with Crippen molar-refractivity contribution >= 4 is 18.0 Å². The van der Waals surface area contributed by atoms with Crippen LogP contribution in [0.2, 0.25) is 0 Å². The van der Waals surface area contributed by atoms with Gasteiger partial charge in [0, 0.05) is 13.6 Å². The van der Waals surface area contributed by atoms with Crippen LogP contribution in [0.4, 0.5) is 4.79 Å². The number of rotatable bonds is 7. The average Bonchev–Trinajstić information content (AvgIpc) is 2.34. The quantitative estimate of drug-likeness (QED) is 0.520. The molecule has 0 spiro atoms. The first-order chi connectivity index (χ1) is 8.92. The van der Waals surface area contributed by atoms with E-state index in [0.29, 0.717) is 0 Å². The Hall–Kier alpha value is -2.23. The van der Waals surface area contributed by atoms with Crippen LogP contribution in [0.15, 0.2) is 0 Å². The Balaban J connectivity index is 4.38. The number of hydrogen-bond donors (Lipinski definition) is 1. The van der Waals surface area contributed by atoms with E-state index in [0.717, 1.165) is 4.90 Å². The Morgan fingerprint density at radius 1 is 1.37 bits per heavy atom. The van der Waals surface area contributed by atoms with E-state index in [2.05, 4.69) is 5.92 Å². The van der Waals surface area contributed by atoms with Gasteiger partial charge in [0.2, 0.25) is 0 Å². The first kappa shape index (κ1) is 16.8. The van der Waals surface area contributed by atoms with Crippen LogP contribution >= 0.6 is 0 Å². The monoisotopic (exact) mass is 270 g/mol. The fourth-order valence-corrected chi connectivity index (χ4v) is 1.29. The molecule has 19 heavy (non-hydrogen) atoms. The summed E-state index contributed by atoms with van der Waals surface area (Å²) in [5.41, 5.74) is 0. The number of carboxylic acids is 1. The SMILES string of the molecule is C#CCN(CC(=O)O)C(=O)N(C)CCC(=O)OCC. The van der Waals surface area contributed by atoms with Gasteiger partial charge in [-0.15, -0.1) is 6.42 Å². The molecule has 0 heterocycles. The smallest absolute Gasteiger partial charge is 0.323 e. The molecular weight excluding hydrogens is 252 g/mol. The van der Waals surface area contributed by atoms with E-state index in [4.69, 9.17) is 16.3 Å². The molecule has 1 N–H and O–H groups in total. The van der Waals surface area contributed by atoms with Gasteiger partial charge in [0.15, 0.2) is 0 Å². The van der Waals surface area contributed by atoms with E-state index >= 15 is 0 Å². The van der Waals surface area contributed by atoms with E-state index < -0.39 is 24.5 Å². The van der Waals surface area contributed by atoms with Crippen molar-refractivity contribution in [1.82, 2.24) is 9.80 Å². The predicted molar refractivity (Wildman–Crippen MR) is 67.3 cm³/mol. The third kappa shape index (κ3) is 6.93. The number of carbonyl (C=O) groups is 3. The molecular formula is C12H18N2O5. The topological polar surface area (TPSA) is 87.2 Å². The molecule has 0 aliphatic rings. The Labute approximate surface area is 112 Å². The second kappa shape index (κ2) is 8.80. The molecule has 0 aliphatic carbocycles. The summed E-state index contributed by atoms with van der Waals surface area (Å²) in [4.78, 5) is 35.9. The molecule has 0 aromatic carbocycles. The molecule has 0 saturated carbocycles. The maximum absolute atomic E-state index is 11.9. The number of ether oxygens (including phenoxy) is 1. The minimum Gasteiger partial charge on any atom is -0.480 e. The summed E-state index contributed by atoms with van der Waals surface area (Å²) in [5, 5.41) is 8.67. The number of nitrogens with zero attached hydrogens (tertiary/aromatic N) is 2. The molecule has 2 amide bonds. The van der Waals surface area contributed by atoms with E-state index in [1.165, 1.54) is 11.9 Å². The van der Waals surface area contributed by atoms with Crippen LogP contribution in [-0.2, 0) is 14.3 Å². The van der Waals surface area contributed by atoms with Crippen molar-refractivity contribution in [2.45, 2.75) is 13.3 Å². The van der Waals surface area contributed by atoms with Crippen molar-refractivity contribution < 1.29 is 24.2 Å². The van der Waals surface area contributed by atoms with E-state index in [1.807, 2.05) is 0 Å². The van der Waals surface area contributed by atoms with Gasteiger partial charge < -0.3 is 19.6 Å². The minimum absolute atomic E-state index is 0.0487. The molecule has 0 radical (unpaired) electrons. The van der Waals surface area contributed by atoms with Gasteiger partial charge in [0.1, 0.15) is 6.54 Å². The Kier molecular flexibility index (Phi) is 7.77. The van der Waals surface area contributed by atoms with Crippen LogP contribution < -0.4 is 0 Å². The van der Waals surface area contributed by atoms with Crippen LogP contribution in [-0.4, -0.2) is 66.2 Å². The van der Waals surface area contributed by atoms with Gasteiger partial charge in [-0.3, -0.25) is 9.59 Å². The Bertz CT molecular complexity index is 375. The van der Waals surface area contributed by atoms with Gasteiger partial charge in [-0.1, -0.05) is 5.92 Å². The highest BCUT2D eigenvalue weighted by atomic mass is 16.5. The molecule has 0 unspecified atom stereocenters. The van der Waals surface area contributed by atoms with Gasteiger partial charge in [-0.2, -0.15) is 0 Å². The zero-order valence-electron chi connectivity index (χ0n) is 11.1. The minimum atomic E-state index is -1.15. The molecule has 0 aliphatic heterocycles. The molecule has 0 saturated heterocycles. The molecule has 0 aromatic heterocycles. The van der Waals surface area contributed by atoms with E-state index in [-0.39, 0.29) is 26.1 Å². The van der Waals surface area contributed by atoms with Gasteiger partial charge in [0.05, 0.1) is 19.6 Å². The lowest BCUT2D eigenvalue weighted by Gasteiger charge is -2.25. The third-order valence-electron chi connectivity index (χ3n) is 2.16. The van der Waals surface area contributed by atoms with Crippen molar-refractivity contribution in [2.24, 2.45) is 0 Å². The first-order valence-electron chi connectivity index (χ1n) is 5.73. The zero-order valence-corrected chi connectivity index (χ0v) is 11.1. The summed E-state index contributed by atoms with van der Waals surface area (Å²) in [6, 6.07) is -0.537. The summed E-state index contributed by atoms with van der Waals surface area (Å²) < 4.78 is 4.73. The highest BCUT2D eigenvalue weighted by molar-refractivity contribution is 5.80.